The zero-order valence-electron chi connectivity index (χ0n) is 28.7. The van der Waals surface area contributed by atoms with Gasteiger partial charge in [-0.15, -0.1) is 0 Å². The number of nitrogens with one attached hydrogen (secondary N) is 1. The first-order valence-electron chi connectivity index (χ1n) is 17.4. The summed E-state index contributed by atoms with van der Waals surface area (Å²) in [6, 6.07) is 11.5. The minimum atomic E-state index is -3.97. The number of fused-ring (bicyclic) bond motifs is 4. The van der Waals surface area contributed by atoms with Crippen LogP contribution in [0.2, 0.25) is 5.02 Å². The fourth-order valence-electron chi connectivity index (χ4n) is 8.55. The maximum atomic E-state index is 13.6. The van der Waals surface area contributed by atoms with Crippen LogP contribution in [0.1, 0.15) is 79.1 Å². The average Bonchev–Trinajstić information content (AvgIpc) is 3.40. The lowest BCUT2D eigenvalue weighted by atomic mass is 9.63. The number of ether oxygens (including phenoxy) is 2. The van der Waals surface area contributed by atoms with E-state index in [4.69, 9.17) is 25.5 Å². The number of amides is 1. The summed E-state index contributed by atoms with van der Waals surface area (Å²) in [6.07, 6.45) is 11.8. The number of benzene rings is 2. The van der Waals surface area contributed by atoms with Crippen molar-refractivity contribution >= 4 is 33.2 Å². The van der Waals surface area contributed by atoms with Gasteiger partial charge in [-0.1, -0.05) is 36.7 Å². The third kappa shape index (κ3) is 6.40. The predicted molar refractivity (Wildman–Crippen MR) is 190 cm³/mol. The summed E-state index contributed by atoms with van der Waals surface area (Å²) >= 11 is 6.46. The molecule has 2 aromatic carbocycles. The molecule has 1 fully saturated rings. The number of nitrogens with zero attached hydrogens (tertiary/aromatic N) is 2. The molecule has 1 amide bonds. The molecule has 11 heteroatoms. The van der Waals surface area contributed by atoms with Crippen LogP contribution >= 0.6 is 11.6 Å². The van der Waals surface area contributed by atoms with E-state index < -0.39 is 26.8 Å². The summed E-state index contributed by atoms with van der Waals surface area (Å²) in [5.41, 5.74) is 2.60. The normalized spacial score (nSPS) is 31.8. The lowest BCUT2D eigenvalue weighted by Gasteiger charge is -2.50. The number of halogens is 1. The van der Waals surface area contributed by atoms with Crippen molar-refractivity contribution in [2.45, 2.75) is 82.0 Å². The van der Waals surface area contributed by atoms with Crippen molar-refractivity contribution in [2.75, 3.05) is 31.7 Å². The number of aromatic nitrogens is 1. The Hall–Kier alpha value is -3.34. The van der Waals surface area contributed by atoms with E-state index in [2.05, 4.69) is 32.8 Å². The van der Waals surface area contributed by atoms with Crippen molar-refractivity contribution in [2.24, 2.45) is 17.8 Å². The van der Waals surface area contributed by atoms with E-state index in [0.717, 1.165) is 48.6 Å². The average molecular weight is 708 g/mol. The first kappa shape index (κ1) is 34.1. The highest BCUT2D eigenvalue weighted by Gasteiger charge is 2.50. The molecule has 6 atom stereocenters. The number of sulfonamides is 1. The highest BCUT2D eigenvalue weighted by molar-refractivity contribution is 7.90. The van der Waals surface area contributed by atoms with Gasteiger partial charge in [0.2, 0.25) is 10.0 Å². The molecule has 4 aliphatic rings. The van der Waals surface area contributed by atoms with Crippen molar-refractivity contribution in [1.29, 1.82) is 0 Å². The van der Waals surface area contributed by atoms with Gasteiger partial charge in [-0.25, -0.2) is 18.1 Å². The van der Waals surface area contributed by atoms with Crippen LogP contribution in [-0.4, -0.2) is 57.0 Å². The van der Waals surface area contributed by atoms with E-state index >= 15 is 0 Å². The molecule has 3 aromatic rings. The fourth-order valence-corrected chi connectivity index (χ4v) is 10.0. The molecular formula is C38H46ClN3O6S. The van der Waals surface area contributed by atoms with Crippen molar-refractivity contribution in [3.05, 3.63) is 88.1 Å². The van der Waals surface area contributed by atoms with Gasteiger partial charge >= 0.3 is 0 Å². The molecule has 2 aliphatic heterocycles. The van der Waals surface area contributed by atoms with Crippen LogP contribution in [0.4, 0.5) is 5.69 Å². The number of carbonyl (C=O) groups is 1. The predicted octanol–water partition coefficient (Wildman–Crippen LogP) is 6.81. The zero-order chi connectivity index (χ0) is 34.6. The van der Waals surface area contributed by atoms with Crippen LogP contribution in [-0.2, 0) is 33.0 Å². The fraction of sp³-hybridized carbons (Fsp3) is 0.526. The number of hydrogen-bond donors (Lipinski definition) is 1. The smallest absolute Gasteiger partial charge is 0.264 e. The molecule has 262 valence electrons. The Bertz CT molecular complexity index is 1880. The molecule has 49 heavy (non-hydrogen) atoms. The van der Waals surface area contributed by atoms with Crippen LogP contribution < -0.4 is 14.4 Å². The summed E-state index contributed by atoms with van der Waals surface area (Å²) in [5, 5.41) is -0.0762. The number of aryl methyl sites for hydroxylation is 2. The molecule has 1 aromatic heterocycles. The molecule has 1 N–H and O–H groups in total. The summed E-state index contributed by atoms with van der Waals surface area (Å²) in [7, 11) is -2.22. The first-order valence-corrected chi connectivity index (χ1v) is 19.4. The van der Waals surface area contributed by atoms with Crippen LogP contribution in [0.25, 0.3) is 0 Å². The lowest BCUT2D eigenvalue weighted by molar-refractivity contribution is -0.0777. The number of oxazole rings is 1. The summed E-state index contributed by atoms with van der Waals surface area (Å²) in [5.74, 6) is 1.56. The maximum Gasteiger partial charge on any atom is 0.264 e. The quantitative estimate of drug-likeness (QED) is 0.296. The van der Waals surface area contributed by atoms with Gasteiger partial charge in [0.05, 0.1) is 35.8 Å². The number of methoxy groups -OCH3 is 1. The Morgan fingerprint density at radius 2 is 2.00 bits per heavy atom. The van der Waals surface area contributed by atoms with E-state index in [0.29, 0.717) is 44.2 Å². The molecule has 7 rings (SSSR count). The number of anilines is 1. The second-order valence-corrected chi connectivity index (χ2v) is 17.2. The highest BCUT2D eigenvalue weighted by atomic mass is 35.5. The van der Waals surface area contributed by atoms with Gasteiger partial charge in [0, 0.05) is 36.2 Å². The van der Waals surface area contributed by atoms with Crippen molar-refractivity contribution in [3.63, 3.8) is 0 Å². The van der Waals surface area contributed by atoms with Gasteiger partial charge in [-0.3, -0.25) is 4.79 Å². The van der Waals surface area contributed by atoms with E-state index in [9.17, 15) is 13.2 Å². The largest absolute Gasteiger partial charge is 0.490 e. The van der Waals surface area contributed by atoms with E-state index in [1.54, 1.807) is 32.4 Å². The van der Waals surface area contributed by atoms with Gasteiger partial charge in [0.15, 0.2) is 5.89 Å². The van der Waals surface area contributed by atoms with E-state index in [1.165, 1.54) is 11.1 Å². The minimum Gasteiger partial charge on any atom is -0.490 e. The second-order valence-electron chi connectivity index (χ2n) is 14.7. The maximum absolute atomic E-state index is 13.6. The molecule has 1 spiro atoms. The monoisotopic (exact) mass is 707 g/mol. The molecule has 1 saturated carbocycles. The summed E-state index contributed by atoms with van der Waals surface area (Å²) < 4.78 is 48.5. The van der Waals surface area contributed by atoms with Gasteiger partial charge in [-0.05, 0) is 112 Å². The Morgan fingerprint density at radius 3 is 2.73 bits per heavy atom. The molecule has 2 aliphatic carbocycles. The second kappa shape index (κ2) is 13.1. The van der Waals surface area contributed by atoms with E-state index in [1.807, 2.05) is 32.1 Å². The molecule has 3 heterocycles. The molecular weight excluding hydrogens is 662 g/mol. The first-order chi connectivity index (χ1) is 23.4. The van der Waals surface area contributed by atoms with Gasteiger partial charge in [0.25, 0.3) is 5.91 Å². The highest BCUT2D eigenvalue weighted by Crippen LogP contribution is 2.49. The standard InChI is InChI=1S/C38H46ClN3O6S/c1-24-7-5-16-38(46-4,19-35-40-20-25(2)48-35)32-12-9-29(32)21-42-22-37(15-6-8-27-17-30(39)11-13-31(27)37)23-47-34-14-10-28(18-33(34)42)36(43)41-49(44,45)26(24)3/h5,10-11,13-14,16-18,20,24,26,29,32H,6-9,12,15,19,21-23H2,1-4H3,(H,41,43)/b16-5+/t24-,26+,29-,32+,37-,38+/m0/s1. The van der Waals surface area contributed by atoms with Crippen LogP contribution in [0, 0.1) is 24.7 Å². The lowest BCUT2D eigenvalue weighted by Crippen LogP contribution is -2.54. The van der Waals surface area contributed by atoms with Gasteiger partial charge in [-0.2, -0.15) is 0 Å². The number of allylic oxidation sites excluding steroid dienone is 1. The van der Waals surface area contributed by atoms with Crippen molar-refractivity contribution < 1.29 is 27.1 Å². The van der Waals surface area contributed by atoms with Gasteiger partial charge < -0.3 is 18.8 Å². The van der Waals surface area contributed by atoms with Gasteiger partial charge in [0.1, 0.15) is 11.5 Å². The number of carbonyl (C=O) groups excluding carboxylic acids is 1. The third-order valence-electron chi connectivity index (χ3n) is 11.7. The van der Waals surface area contributed by atoms with Crippen molar-refractivity contribution in [1.82, 2.24) is 9.71 Å². The molecule has 0 radical (unpaired) electrons. The molecule has 0 saturated heterocycles. The number of rotatable bonds is 3. The minimum absolute atomic E-state index is 0.151. The van der Waals surface area contributed by atoms with Crippen LogP contribution in [0.5, 0.6) is 5.75 Å². The van der Waals surface area contributed by atoms with Crippen LogP contribution in [0.3, 0.4) is 0 Å². The zero-order valence-corrected chi connectivity index (χ0v) is 30.3. The summed E-state index contributed by atoms with van der Waals surface area (Å²) in [4.78, 5) is 20.5. The molecule has 0 unspecified atom stereocenters. The Labute approximate surface area is 294 Å². The number of hydrogen-bond acceptors (Lipinski definition) is 8. The molecule has 9 nitrogen and oxygen atoms in total. The van der Waals surface area contributed by atoms with E-state index in [-0.39, 0.29) is 28.7 Å². The van der Waals surface area contributed by atoms with Crippen molar-refractivity contribution in [3.8, 4) is 5.75 Å². The Morgan fingerprint density at radius 1 is 1.16 bits per heavy atom. The Balaban J connectivity index is 1.34. The Kier molecular flexibility index (Phi) is 9.11. The summed E-state index contributed by atoms with van der Waals surface area (Å²) in [6.45, 7) is 7.32. The topological polar surface area (TPSA) is 111 Å². The van der Waals surface area contributed by atoms with Crippen LogP contribution in [0.15, 0.2) is 59.2 Å². The SMILES string of the molecule is CO[C@@]1(Cc2ncc(C)o2)/C=C/C[C@H](C)[C@@H](C)S(=O)(=O)NC(=O)c2ccc3c(c2)N(C[C@@H]2CC[C@H]21)C[C@@]1(CCCc2cc(Cl)ccc21)CO3. The molecule has 2 bridgehead atoms. The third-order valence-corrected chi connectivity index (χ3v) is 13.9.